The summed E-state index contributed by atoms with van der Waals surface area (Å²) in [5.74, 6) is 3.07. The van der Waals surface area contributed by atoms with E-state index in [2.05, 4.69) is 24.1 Å². The molecule has 4 bridgehead atoms. The predicted molar refractivity (Wildman–Crippen MR) is 74.7 cm³/mol. The van der Waals surface area contributed by atoms with E-state index in [9.17, 15) is 4.79 Å². The number of hydrogen-bond donors (Lipinski definition) is 1. The fourth-order valence-corrected chi connectivity index (χ4v) is 6.22. The Bertz CT molecular complexity index is 380. The first-order valence-corrected chi connectivity index (χ1v) is 8.02. The molecule has 19 heavy (non-hydrogen) atoms. The SMILES string of the molecule is CC1(C)CNCC(=O)N1C12CC3CC(CC(C3)C1)C2. The smallest absolute Gasteiger partial charge is 0.237 e. The molecule has 1 heterocycles. The molecule has 0 atom stereocenters. The van der Waals surface area contributed by atoms with Gasteiger partial charge in [-0.3, -0.25) is 4.79 Å². The van der Waals surface area contributed by atoms with Crippen LogP contribution in [0.2, 0.25) is 0 Å². The molecule has 1 saturated heterocycles. The molecule has 0 aromatic carbocycles. The van der Waals surface area contributed by atoms with Crippen molar-refractivity contribution in [3.05, 3.63) is 0 Å². The van der Waals surface area contributed by atoms with Gasteiger partial charge >= 0.3 is 0 Å². The average Bonchev–Trinajstić information content (AvgIpc) is 2.24. The summed E-state index contributed by atoms with van der Waals surface area (Å²) in [4.78, 5) is 14.9. The van der Waals surface area contributed by atoms with Crippen molar-refractivity contribution in [2.24, 2.45) is 17.8 Å². The van der Waals surface area contributed by atoms with Crippen molar-refractivity contribution >= 4 is 5.91 Å². The minimum atomic E-state index is -0.0129. The molecule has 1 N–H and O–H groups in total. The first-order chi connectivity index (χ1) is 8.98. The van der Waals surface area contributed by atoms with Crippen LogP contribution >= 0.6 is 0 Å². The Morgan fingerprint density at radius 2 is 1.58 bits per heavy atom. The van der Waals surface area contributed by atoms with Gasteiger partial charge in [-0.15, -0.1) is 0 Å². The molecule has 5 aliphatic rings. The zero-order valence-corrected chi connectivity index (χ0v) is 12.2. The number of carbonyl (C=O) groups excluding carboxylic acids is 1. The number of amides is 1. The number of nitrogens with one attached hydrogen (secondary N) is 1. The van der Waals surface area contributed by atoms with E-state index in [4.69, 9.17) is 0 Å². The maximum atomic E-state index is 12.6. The van der Waals surface area contributed by atoms with E-state index in [1.54, 1.807) is 0 Å². The second-order valence-corrected chi connectivity index (χ2v) is 8.29. The molecule has 1 amide bonds. The van der Waals surface area contributed by atoms with Crippen molar-refractivity contribution in [1.82, 2.24) is 10.2 Å². The monoisotopic (exact) mass is 262 g/mol. The van der Waals surface area contributed by atoms with Crippen molar-refractivity contribution < 1.29 is 4.79 Å². The average molecular weight is 262 g/mol. The molecular formula is C16H26N2O. The summed E-state index contributed by atoms with van der Waals surface area (Å²) in [6.45, 7) is 5.98. The van der Waals surface area contributed by atoms with Crippen LogP contribution in [0.15, 0.2) is 0 Å². The van der Waals surface area contributed by atoms with Gasteiger partial charge in [0.2, 0.25) is 5.91 Å². The highest BCUT2D eigenvalue weighted by Gasteiger charge is 2.57. The molecule has 0 aromatic rings. The molecule has 3 heteroatoms. The van der Waals surface area contributed by atoms with Crippen LogP contribution in [-0.2, 0) is 4.79 Å². The van der Waals surface area contributed by atoms with E-state index < -0.39 is 0 Å². The summed E-state index contributed by atoms with van der Waals surface area (Å²) >= 11 is 0. The fourth-order valence-electron chi connectivity index (χ4n) is 6.22. The van der Waals surface area contributed by atoms with Crippen LogP contribution in [0.4, 0.5) is 0 Å². The molecule has 0 unspecified atom stereocenters. The number of nitrogens with zero attached hydrogens (tertiary/aromatic N) is 1. The highest BCUT2D eigenvalue weighted by Crippen LogP contribution is 2.59. The van der Waals surface area contributed by atoms with Gasteiger partial charge in [-0.05, 0) is 70.1 Å². The van der Waals surface area contributed by atoms with Gasteiger partial charge in [-0.2, -0.15) is 0 Å². The van der Waals surface area contributed by atoms with Crippen molar-refractivity contribution in [3.63, 3.8) is 0 Å². The lowest BCUT2D eigenvalue weighted by Gasteiger charge is -2.64. The lowest BCUT2D eigenvalue weighted by Crippen LogP contribution is -2.72. The molecule has 106 valence electrons. The maximum absolute atomic E-state index is 12.6. The quantitative estimate of drug-likeness (QED) is 0.785. The maximum Gasteiger partial charge on any atom is 0.237 e. The summed E-state index contributed by atoms with van der Waals surface area (Å²) in [5, 5.41) is 3.30. The zero-order chi connectivity index (χ0) is 13.3. The Hall–Kier alpha value is -0.570. The van der Waals surface area contributed by atoms with Crippen molar-refractivity contribution in [3.8, 4) is 0 Å². The van der Waals surface area contributed by atoms with Crippen LogP contribution in [0.5, 0.6) is 0 Å². The Kier molecular flexibility index (Phi) is 2.41. The lowest BCUT2D eigenvalue weighted by atomic mass is 9.52. The highest BCUT2D eigenvalue weighted by molar-refractivity contribution is 5.81. The number of hydrogen-bond acceptors (Lipinski definition) is 2. The first-order valence-electron chi connectivity index (χ1n) is 8.02. The Balaban J connectivity index is 1.72. The molecule has 0 radical (unpaired) electrons. The molecule has 1 aliphatic heterocycles. The highest BCUT2D eigenvalue weighted by atomic mass is 16.2. The molecule has 0 spiro atoms. The Morgan fingerprint density at radius 3 is 2.05 bits per heavy atom. The normalized spacial score (nSPS) is 47.8. The van der Waals surface area contributed by atoms with E-state index >= 15 is 0 Å². The van der Waals surface area contributed by atoms with Crippen LogP contribution in [0.25, 0.3) is 0 Å². The fraction of sp³-hybridized carbons (Fsp3) is 0.938. The minimum Gasteiger partial charge on any atom is -0.329 e. The van der Waals surface area contributed by atoms with E-state index in [-0.39, 0.29) is 11.1 Å². The Labute approximate surface area is 116 Å². The first kappa shape index (κ1) is 12.2. The molecule has 0 aromatic heterocycles. The molecule has 4 saturated carbocycles. The third-order valence-corrected chi connectivity index (χ3v) is 6.17. The standard InChI is InChI=1S/C16H26N2O/c1-15(2)10-17-9-14(19)18(15)16-6-11-3-12(7-16)5-13(4-11)8-16/h11-13,17H,3-10H2,1-2H3. The van der Waals surface area contributed by atoms with Gasteiger partial charge in [0.05, 0.1) is 12.1 Å². The summed E-state index contributed by atoms with van der Waals surface area (Å²) < 4.78 is 0. The van der Waals surface area contributed by atoms with Gasteiger partial charge < -0.3 is 10.2 Å². The van der Waals surface area contributed by atoms with Crippen molar-refractivity contribution in [2.75, 3.05) is 13.1 Å². The second-order valence-electron chi connectivity index (χ2n) is 8.29. The summed E-state index contributed by atoms with van der Waals surface area (Å²) in [7, 11) is 0. The Morgan fingerprint density at radius 1 is 1.05 bits per heavy atom. The number of piperazine rings is 1. The van der Waals surface area contributed by atoms with Crippen LogP contribution in [0.1, 0.15) is 52.4 Å². The van der Waals surface area contributed by atoms with Crippen LogP contribution in [-0.4, -0.2) is 35.0 Å². The van der Waals surface area contributed by atoms with E-state index in [0.29, 0.717) is 12.5 Å². The molecule has 4 aliphatic carbocycles. The van der Waals surface area contributed by atoms with Crippen LogP contribution < -0.4 is 5.32 Å². The van der Waals surface area contributed by atoms with Gasteiger partial charge in [0.25, 0.3) is 0 Å². The summed E-state index contributed by atoms with van der Waals surface area (Å²) in [6.07, 6.45) is 8.19. The number of rotatable bonds is 1. The number of carbonyl (C=O) groups is 1. The minimum absolute atomic E-state index is 0.0129. The van der Waals surface area contributed by atoms with Gasteiger partial charge in [-0.25, -0.2) is 0 Å². The van der Waals surface area contributed by atoms with E-state index in [1.807, 2.05) is 0 Å². The summed E-state index contributed by atoms with van der Waals surface area (Å²) in [6, 6.07) is 0. The van der Waals surface area contributed by atoms with E-state index in [1.165, 1.54) is 38.5 Å². The third kappa shape index (κ3) is 1.70. The largest absolute Gasteiger partial charge is 0.329 e. The second kappa shape index (κ2) is 3.75. The van der Waals surface area contributed by atoms with Crippen LogP contribution in [0, 0.1) is 17.8 Å². The molecule has 3 nitrogen and oxygen atoms in total. The topological polar surface area (TPSA) is 32.3 Å². The van der Waals surface area contributed by atoms with Gasteiger partial charge in [0, 0.05) is 12.1 Å². The molecule has 5 rings (SSSR count). The third-order valence-electron chi connectivity index (χ3n) is 6.17. The summed E-state index contributed by atoms with van der Waals surface area (Å²) in [5.41, 5.74) is 0.207. The predicted octanol–water partition coefficient (Wildman–Crippen LogP) is 2.17. The van der Waals surface area contributed by atoms with Gasteiger partial charge in [-0.1, -0.05) is 0 Å². The lowest BCUT2D eigenvalue weighted by molar-refractivity contribution is -0.168. The van der Waals surface area contributed by atoms with Gasteiger partial charge in [0.1, 0.15) is 0 Å². The zero-order valence-electron chi connectivity index (χ0n) is 12.2. The van der Waals surface area contributed by atoms with E-state index in [0.717, 1.165) is 24.3 Å². The molecular weight excluding hydrogens is 236 g/mol. The molecule has 5 fully saturated rings. The van der Waals surface area contributed by atoms with Crippen LogP contribution in [0.3, 0.4) is 0 Å². The van der Waals surface area contributed by atoms with Crippen molar-refractivity contribution in [2.45, 2.75) is 63.5 Å². The van der Waals surface area contributed by atoms with Crippen molar-refractivity contribution in [1.29, 1.82) is 0 Å². The van der Waals surface area contributed by atoms with Gasteiger partial charge in [0.15, 0.2) is 0 Å².